The van der Waals surface area contributed by atoms with E-state index in [-0.39, 0.29) is 29.8 Å². The van der Waals surface area contributed by atoms with Gasteiger partial charge < -0.3 is 29.1 Å². The molecule has 3 aromatic rings. The first-order valence-electron chi connectivity index (χ1n) is 9.93. The maximum atomic E-state index is 13.0. The number of aliphatic hydroxyl groups excluding tert-OH is 1. The summed E-state index contributed by atoms with van der Waals surface area (Å²) in [5, 5.41) is 13.6. The van der Waals surface area contributed by atoms with E-state index in [1.165, 1.54) is 13.2 Å². The second-order valence-corrected chi connectivity index (χ2v) is 7.29. The molecule has 1 aliphatic heterocycles. The molecule has 4 rings (SSSR count). The van der Waals surface area contributed by atoms with Crippen LogP contribution in [0.15, 0.2) is 51.7 Å². The van der Waals surface area contributed by atoms with Gasteiger partial charge in [0.15, 0.2) is 11.0 Å². The molecular weight excluding hydrogens is 386 g/mol. The number of piperidine rings is 1. The lowest BCUT2D eigenvalue weighted by atomic mass is 9.80. The van der Waals surface area contributed by atoms with Gasteiger partial charge in [-0.1, -0.05) is 18.2 Å². The van der Waals surface area contributed by atoms with Crippen LogP contribution in [-0.4, -0.2) is 39.0 Å². The Morgan fingerprint density at radius 3 is 2.60 bits per heavy atom. The Kier molecular flexibility index (Phi) is 5.92. The molecule has 2 unspecified atom stereocenters. The number of ether oxygens (including phenoxy) is 3. The second-order valence-electron chi connectivity index (χ2n) is 7.29. The van der Waals surface area contributed by atoms with Crippen LogP contribution in [0.3, 0.4) is 0 Å². The highest BCUT2D eigenvalue weighted by atomic mass is 16.6. The minimum atomic E-state index is -0.266. The lowest BCUT2D eigenvalue weighted by molar-refractivity contribution is 0.177. The van der Waals surface area contributed by atoms with Gasteiger partial charge in [0.05, 0.1) is 20.3 Å². The zero-order chi connectivity index (χ0) is 21.1. The molecule has 0 spiro atoms. The van der Waals surface area contributed by atoms with Gasteiger partial charge >= 0.3 is 0 Å². The predicted molar refractivity (Wildman–Crippen MR) is 113 cm³/mol. The summed E-state index contributed by atoms with van der Waals surface area (Å²) in [4.78, 5) is 13.0. The number of para-hydroxylation sites is 1. The summed E-state index contributed by atoms with van der Waals surface area (Å²) in [6, 6.07) is 12.2. The molecule has 0 aliphatic carbocycles. The van der Waals surface area contributed by atoms with Crippen LogP contribution in [-0.2, 0) is 0 Å². The molecule has 7 nitrogen and oxygen atoms in total. The van der Waals surface area contributed by atoms with Crippen molar-refractivity contribution >= 4 is 11.0 Å². The van der Waals surface area contributed by atoms with Crippen LogP contribution < -0.4 is 25.0 Å². The van der Waals surface area contributed by atoms with Gasteiger partial charge in [-0.05, 0) is 31.0 Å². The molecule has 30 heavy (non-hydrogen) atoms. The highest BCUT2D eigenvalue weighted by Gasteiger charge is 2.32. The normalized spacial score (nSPS) is 18.9. The highest BCUT2D eigenvalue weighted by Crippen LogP contribution is 2.44. The summed E-state index contributed by atoms with van der Waals surface area (Å²) in [6.45, 7) is 1.48. The molecule has 2 heterocycles. The third kappa shape index (κ3) is 3.74. The van der Waals surface area contributed by atoms with Crippen molar-refractivity contribution < 1.29 is 23.7 Å². The third-order valence-electron chi connectivity index (χ3n) is 5.56. The van der Waals surface area contributed by atoms with Crippen molar-refractivity contribution in [2.24, 2.45) is 5.92 Å². The molecule has 1 aromatic heterocycles. The monoisotopic (exact) mass is 411 g/mol. The smallest absolute Gasteiger partial charge is 0.294 e. The molecule has 2 aromatic carbocycles. The highest BCUT2D eigenvalue weighted by molar-refractivity contribution is 5.89. The van der Waals surface area contributed by atoms with Gasteiger partial charge in [-0.3, -0.25) is 4.79 Å². The SMILES string of the molecule is COc1cc(OC)c2c(=O)cc(Oc3ccccc3)oc2c1C1CCNCC1CO. The van der Waals surface area contributed by atoms with Gasteiger partial charge in [0.25, 0.3) is 5.95 Å². The van der Waals surface area contributed by atoms with Crippen LogP contribution >= 0.6 is 0 Å². The average Bonchev–Trinajstić information content (AvgIpc) is 2.78. The number of hydrogen-bond donors (Lipinski definition) is 2. The van der Waals surface area contributed by atoms with Crippen molar-refractivity contribution in [3.05, 3.63) is 58.3 Å². The number of fused-ring (bicyclic) bond motifs is 1. The maximum Gasteiger partial charge on any atom is 0.294 e. The van der Waals surface area contributed by atoms with E-state index in [0.29, 0.717) is 34.8 Å². The third-order valence-corrected chi connectivity index (χ3v) is 5.56. The van der Waals surface area contributed by atoms with E-state index < -0.39 is 0 Å². The fourth-order valence-electron chi connectivity index (χ4n) is 4.11. The Balaban J connectivity index is 1.95. The van der Waals surface area contributed by atoms with Crippen LogP contribution in [0.2, 0.25) is 0 Å². The lowest BCUT2D eigenvalue weighted by Gasteiger charge is -2.32. The molecule has 7 heteroatoms. The zero-order valence-corrected chi connectivity index (χ0v) is 17.0. The molecule has 1 fully saturated rings. The molecule has 0 amide bonds. The van der Waals surface area contributed by atoms with E-state index in [0.717, 1.165) is 18.5 Å². The summed E-state index contributed by atoms with van der Waals surface area (Å²) in [5.41, 5.74) is 0.858. The number of methoxy groups -OCH3 is 2. The van der Waals surface area contributed by atoms with E-state index in [4.69, 9.17) is 18.6 Å². The zero-order valence-electron chi connectivity index (χ0n) is 17.0. The summed E-state index contributed by atoms with van der Waals surface area (Å²) in [6.07, 6.45) is 0.774. The summed E-state index contributed by atoms with van der Waals surface area (Å²) >= 11 is 0. The molecular formula is C23H25NO6. The molecule has 0 saturated carbocycles. The minimum Gasteiger partial charge on any atom is -0.496 e. The first kappa shape index (κ1) is 20.3. The van der Waals surface area contributed by atoms with Crippen molar-refractivity contribution in [3.8, 4) is 23.2 Å². The fraction of sp³-hybridized carbons (Fsp3) is 0.348. The van der Waals surface area contributed by atoms with Gasteiger partial charge in [-0.2, -0.15) is 0 Å². The van der Waals surface area contributed by atoms with Gasteiger partial charge in [0, 0.05) is 30.7 Å². The largest absolute Gasteiger partial charge is 0.496 e. The van der Waals surface area contributed by atoms with Crippen LogP contribution in [0.5, 0.6) is 23.2 Å². The van der Waals surface area contributed by atoms with Gasteiger partial charge in [0.1, 0.15) is 22.6 Å². The second kappa shape index (κ2) is 8.77. The minimum absolute atomic E-state index is 0.0127. The van der Waals surface area contributed by atoms with Crippen LogP contribution in [0, 0.1) is 5.92 Å². The van der Waals surface area contributed by atoms with Crippen molar-refractivity contribution in [2.75, 3.05) is 33.9 Å². The van der Waals surface area contributed by atoms with Gasteiger partial charge in [-0.25, -0.2) is 0 Å². The van der Waals surface area contributed by atoms with Crippen molar-refractivity contribution in [3.63, 3.8) is 0 Å². The molecule has 0 bridgehead atoms. The summed E-state index contributed by atoms with van der Waals surface area (Å²) in [7, 11) is 3.07. The Morgan fingerprint density at radius 1 is 1.13 bits per heavy atom. The number of benzene rings is 2. The summed E-state index contributed by atoms with van der Waals surface area (Å²) in [5.74, 6) is 1.50. The van der Waals surface area contributed by atoms with Gasteiger partial charge in [-0.15, -0.1) is 0 Å². The van der Waals surface area contributed by atoms with Crippen molar-refractivity contribution in [2.45, 2.75) is 12.3 Å². The quantitative estimate of drug-likeness (QED) is 0.643. The number of hydrogen-bond acceptors (Lipinski definition) is 7. The Hall–Kier alpha value is -3.03. The number of rotatable bonds is 6. The van der Waals surface area contributed by atoms with E-state index in [1.54, 1.807) is 25.3 Å². The molecule has 2 N–H and O–H groups in total. The standard InChI is InChI=1S/C23H25NO6/c1-27-18-11-19(28-2)22-17(26)10-20(29-15-6-4-3-5-7-15)30-23(22)21(18)16-8-9-24-12-14(16)13-25/h3-7,10-11,14,16,24-25H,8-9,12-13H2,1-2H3. The molecule has 1 saturated heterocycles. The number of nitrogens with one attached hydrogen (secondary N) is 1. The van der Waals surface area contributed by atoms with Gasteiger partial charge in [0.2, 0.25) is 0 Å². The topological polar surface area (TPSA) is 90.2 Å². The number of aliphatic hydroxyl groups is 1. The molecule has 1 aliphatic rings. The Bertz CT molecular complexity index is 1080. The van der Waals surface area contributed by atoms with Crippen molar-refractivity contribution in [1.82, 2.24) is 5.32 Å². The first-order chi connectivity index (χ1) is 14.7. The van der Waals surface area contributed by atoms with Crippen LogP contribution in [0.1, 0.15) is 17.9 Å². The fourth-order valence-corrected chi connectivity index (χ4v) is 4.11. The van der Waals surface area contributed by atoms with E-state index >= 15 is 0 Å². The average molecular weight is 411 g/mol. The maximum absolute atomic E-state index is 13.0. The molecule has 2 atom stereocenters. The van der Waals surface area contributed by atoms with Crippen LogP contribution in [0.4, 0.5) is 0 Å². The first-order valence-corrected chi connectivity index (χ1v) is 9.93. The lowest BCUT2D eigenvalue weighted by Crippen LogP contribution is -2.37. The Labute approximate surface area is 174 Å². The van der Waals surface area contributed by atoms with Crippen LogP contribution in [0.25, 0.3) is 11.0 Å². The van der Waals surface area contributed by atoms with E-state index in [9.17, 15) is 9.90 Å². The predicted octanol–water partition coefficient (Wildman–Crippen LogP) is 3.29. The van der Waals surface area contributed by atoms with E-state index in [1.807, 2.05) is 18.2 Å². The summed E-state index contributed by atoms with van der Waals surface area (Å²) < 4.78 is 23.0. The molecule has 0 radical (unpaired) electrons. The van der Waals surface area contributed by atoms with Crippen molar-refractivity contribution in [1.29, 1.82) is 0 Å². The van der Waals surface area contributed by atoms with E-state index in [2.05, 4.69) is 5.32 Å². The molecule has 158 valence electrons. The Morgan fingerprint density at radius 2 is 1.90 bits per heavy atom.